The van der Waals surface area contributed by atoms with Crippen LogP contribution < -0.4 is 9.64 Å². The average molecular weight is 362 g/mol. The van der Waals surface area contributed by atoms with Crippen molar-refractivity contribution < 1.29 is 14.3 Å². The van der Waals surface area contributed by atoms with Crippen LogP contribution in [0.1, 0.15) is 18.9 Å². The summed E-state index contributed by atoms with van der Waals surface area (Å²) in [6.07, 6.45) is 1.43. The summed E-state index contributed by atoms with van der Waals surface area (Å²) in [6, 6.07) is 15.0. The maximum atomic E-state index is 12.4. The van der Waals surface area contributed by atoms with E-state index in [1.54, 1.807) is 7.11 Å². The average Bonchev–Trinajstić information content (AvgIpc) is 2.63. The Morgan fingerprint density at radius 2 is 1.76 bits per heavy atom. The Bertz CT molecular complexity index is 670. The van der Waals surface area contributed by atoms with E-state index in [4.69, 9.17) is 21.1 Å². The van der Waals surface area contributed by atoms with Crippen molar-refractivity contribution in [2.24, 2.45) is 0 Å². The van der Waals surface area contributed by atoms with Crippen LogP contribution in [0.5, 0.6) is 5.75 Å². The third kappa shape index (κ3) is 5.40. The number of carbonyl (C=O) groups excluding carboxylic acids is 1. The lowest BCUT2D eigenvalue weighted by atomic mass is 10.0. The maximum Gasteiger partial charge on any atom is 0.328 e. The van der Waals surface area contributed by atoms with Crippen molar-refractivity contribution in [1.82, 2.24) is 0 Å². The standard InChI is InChI=1S/C20H24ClNO3/c1-4-25-20(23)19(22(2)17-10-8-16(21)9-11-17)14-7-15-5-12-18(24-3)13-6-15/h5-6,8-13,19H,4,7,14H2,1-3H3. The molecule has 25 heavy (non-hydrogen) atoms. The summed E-state index contributed by atoms with van der Waals surface area (Å²) in [7, 11) is 3.55. The Labute approximate surface area is 154 Å². The SMILES string of the molecule is CCOC(=O)C(CCc1ccc(OC)cc1)N(C)c1ccc(Cl)cc1. The Hall–Kier alpha value is -2.20. The summed E-state index contributed by atoms with van der Waals surface area (Å²) in [5.41, 5.74) is 2.08. The Balaban J connectivity index is 2.11. The minimum Gasteiger partial charge on any atom is -0.497 e. The summed E-state index contributed by atoms with van der Waals surface area (Å²) in [5.74, 6) is 0.609. The third-order valence-electron chi connectivity index (χ3n) is 4.13. The van der Waals surface area contributed by atoms with Gasteiger partial charge in [-0.2, -0.15) is 0 Å². The molecule has 4 nitrogen and oxygen atoms in total. The van der Waals surface area contributed by atoms with E-state index in [1.807, 2.05) is 67.4 Å². The number of aryl methyl sites for hydroxylation is 1. The van der Waals surface area contributed by atoms with E-state index >= 15 is 0 Å². The minimum absolute atomic E-state index is 0.214. The van der Waals surface area contributed by atoms with Gasteiger partial charge in [0, 0.05) is 17.8 Å². The molecule has 134 valence electrons. The number of rotatable bonds is 8. The molecule has 0 fully saturated rings. The molecule has 0 aromatic heterocycles. The molecular weight excluding hydrogens is 338 g/mol. The van der Waals surface area contributed by atoms with Crippen molar-refractivity contribution in [3.05, 3.63) is 59.1 Å². The highest BCUT2D eigenvalue weighted by atomic mass is 35.5. The fourth-order valence-corrected chi connectivity index (χ4v) is 2.79. The van der Waals surface area contributed by atoms with E-state index in [0.717, 1.165) is 23.4 Å². The van der Waals surface area contributed by atoms with Crippen LogP contribution in [0, 0.1) is 0 Å². The Kier molecular flexibility index (Phi) is 7.14. The lowest BCUT2D eigenvalue weighted by molar-refractivity contribution is -0.144. The first-order valence-electron chi connectivity index (χ1n) is 8.33. The van der Waals surface area contributed by atoms with E-state index in [0.29, 0.717) is 18.1 Å². The van der Waals surface area contributed by atoms with Crippen LogP contribution in [-0.4, -0.2) is 32.8 Å². The predicted molar refractivity (Wildman–Crippen MR) is 102 cm³/mol. The van der Waals surface area contributed by atoms with E-state index < -0.39 is 0 Å². The van der Waals surface area contributed by atoms with Crippen LogP contribution in [0.4, 0.5) is 5.69 Å². The molecule has 1 atom stereocenters. The largest absolute Gasteiger partial charge is 0.497 e. The predicted octanol–water partition coefficient (Wildman–Crippen LogP) is 4.35. The molecule has 0 amide bonds. The van der Waals surface area contributed by atoms with Gasteiger partial charge >= 0.3 is 5.97 Å². The fraction of sp³-hybridized carbons (Fsp3) is 0.350. The van der Waals surface area contributed by atoms with Crippen LogP contribution in [0.2, 0.25) is 5.02 Å². The number of halogens is 1. The summed E-state index contributed by atoms with van der Waals surface area (Å²) in [4.78, 5) is 14.4. The van der Waals surface area contributed by atoms with Crippen LogP contribution >= 0.6 is 11.6 Å². The second-order valence-corrected chi connectivity index (χ2v) is 6.18. The highest BCUT2D eigenvalue weighted by Crippen LogP contribution is 2.22. The maximum absolute atomic E-state index is 12.4. The van der Waals surface area contributed by atoms with E-state index in [-0.39, 0.29) is 12.0 Å². The van der Waals surface area contributed by atoms with E-state index in [1.165, 1.54) is 0 Å². The summed E-state index contributed by atoms with van der Waals surface area (Å²) < 4.78 is 10.4. The van der Waals surface area contributed by atoms with Gasteiger partial charge in [-0.1, -0.05) is 23.7 Å². The topological polar surface area (TPSA) is 38.8 Å². The number of hydrogen-bond acceptors (Lipinski definition) is 4. The van der Waals surface area contributed by atoms with Gasteiger partial charge in [-0.15, -0.1) is 0 Å². The summed E-state index contributed by atoms with van der Waals surface area (Å²) >= 11 is 5.95. The van der Waals surface area contributed by atoms with Gasteiger partial charge in [-0.3, -0.25) is 0 Å². The molecule has 0 N–H and O–H groups in total. The van der Waals surface area contributed by atoms with Gasteiger partial charge in [0.05, 0.1) is 13.7 Å². The van der Waals surface area contributed by atoms with Gasteiger partial charge in [0.25, 0.3) is 0 Å². The number of benzene rings is 2. The molecule has 0 spiro atoms. The first-order valence-corrected chi connectivity index (χ1v) is 8.71. The van der Waals surface area contributed by atoms with Crippen LogP contribution in [0.15, 0.2) is 48.5 Å². The molecular formula is C20H24ClNO3. The highest BCUT2D eigenvalue weighted by molar-refractivity contribution is 6.30. The number of carbonyl (C=O) groups is 1. The Morgan fingerprint density at radius 3 is 2.32 bits per heavy atom. The number of nitrogens with zero attached hydrogens (tertiary/aromatic N) is 1. The fourth-order valence-electron chi connectivity index (χ4n) is 2.66. The summed E-state index contributed by atoms with van der Waals surface area (Å²) in [6.45, 7) is 2.19. The van der Waals surface area contributed by atoms with Crippen molar-refractivity contribution in [3.8, 4) is 5.75 Å². The van der Waals surface area contributed by atoms with Crippen molar-refractivity contribution in [3.63, 3.8) is 0 Å². The highest BCUT2D eigenvalue weighted by Gasteiger charge is 2.24. The Morgan fingerprint density at radius 1 is 1.12 bits per heavy atom. The second-order valence-electron chi connectivity index (χ2n) is 5.74. The molecule has 0 heterocycles. The number of esters is 1. The number of likely N-dealkylation sites (N-methyl/N-ethyl adjacent to an activating group) is 1. The zero-order chi connectivity index (χ0) is 18.2. The van der Waals surface area contributed by atoms with Crippen LogP contribution in [0.3, 0.4) is 0 Å². The molecule has 0 aliphatic carbocycles. The summed E-state index contributed by atoms with van der Waals surface area (Å²) in [5, 5.41) is 0.670. The molecule has 2 aromatic carbocycles. The van der Waals surface area contributed by atoms with Crippen LogP contribution in [-0.2, 0) is 16.0 Å². The van der Waals surface area contributed by atoms with Gasteiger partial charge in [-0.05, 0) is 61.7 Å². The lowest BCUT2D eigenvalue weighted by Gasteiger charge is -2.28. The van der Waals surface area contributed by atoms with Gasteiger partial charge in [0.15, 0.2) is 0 Å². The lowest BCUT2D eigenvalue weighted by Crippen LogP contribution is -2.40. The zero-order valence-electron chi connectivity index (χ0n) is 14.9. The molecule has 0 bridgehead atoms. The number of methoxy groups -OCH3 is 1. The van der Waals surface area contributed by atoms with Gasteiger partial charge < -0.3 is 14.4 Å². The molecule has 0 aliphatic rings. The second kappa shape index (κ2) is 9.33. The molecule has 5 heteroatoms. The molecule has 0 saturated carbocycles. The third-order valence-corrected chi connectivity index (χ3v) is 4.38. The number of ether oxygens (including phenoxy) is 2. The number of hydrogen-bond donors (Lipinski definition) is 0. The molecule has 2 rings (SSSR count). The minimum atomic E-state index is -0.358. The number of anilines is 1. The van der Waals surface area contributed by atoms with Crippen LogP contribution in [0.25, 0.3) is 0 Å². The monoisotopic (exact) mass is 361 g/mol. The molecule has 0 saturated heterocycles. The first kappa shape index (κ1) is 19.1. The first-order chi connectivity index (χ1) is 12.0. The van der Waals surface area contributed by atoms with Gasteiger partial charge in [-0.25, -0.2) is 4.79 Å². The smallest absolute Gasteiger partial charge is 0.328 e. The van der Waals surface area contributed by atoms with Gasteiger partial charge in [0.1, 0.15) is 11.8 Å². The van der Waals surface area contributed by atoms with Crippen molar-refractivity contribution >= 4 is 23.3 Å². The quantitative estimate of drug-likeness (QED) is 0.655. The van der Waals surface area contributed by atoms with E-state index in [2.05, 4.69) is 0 Å². The molecule has 0 radical (unpaired) electrons. The van der Waals surface area contributed by atoms with Gasteiger partial charge in [0.2, 0.25) is 0 Å². The van der Waals surface area contributed by atoms with Crippen molar-refractivity contribution in [2.45, 2.75) is 25.8 Å². The zero-order valence-corrected chi connectivity index (χ0v) is 15.6. The molecule has 0 aliphatic heterocycles. The van der Waals surface area contributed by atoms with Crippen molar-refractivity contribution in [1.29, 1.82) is 0 Å². The van der Waals surface area contributed by atoms with Crippen molar-refractivity contribution in [2.75, 3.05) is 25.7 Å². The normalized spacial score (nSPS) is 11.7. The molecule has 1 unspecified atom stereocenters. The molecule has 2 aromatic rings. The van der Waals surface area contributed by atoms with E-state index in [9.17, 15) is 4.79 Å².